The lowest BCUT2D eigenvalue weighted by molar-refractivity contribution is 0.0662. The number of benzene rings is 1. The van der Waals surface area contributed by atoms with Crippen LogP contribution in [0.25, 0.3) is 0 Å². The molecule has 1 aliphatic rings. The maximum absolute atomic E-state index is 12.6. The van der Waals surface area contributed by atoms with Gasteiger partial charge in [0.2, 0.25) is 0 Å². The summed E-state index contributed by atoms with van der Waals surface area (Å²) in [6.45, 7) is 4.17. The number of carbonyl (C=O) groups excluding carboxylic acids is 1. The van der Waals surface area contributed by atoms with E-state index in [2.05, 4.69) is 11.9 Å². The largest absolute Gasteiger partial charge is 0.384 e. The molecule has 104 valence electrons. The van der Waals surface area contributed by atoms with Crippen molar-refractivity contribution in [1.82, 2.24) is 9.80 Å². The Morgan fingerprint density at radius 1 is 1.21 bits per heavy atom. The fraction of sp³-hybridized carbons (Fsp3) is 0.533. The minimum Gasteiger partial charge on any atom is -0.384 e. The molecule has 1 aromatic carbocycles. The van der Waals surface area contributed by atoms with Gasteiger partial charge in [-0.2, -0.15) is 0 Å². The Balaban J connectivity index is 2.09. The van der Waals surface area contributed by atoms with E-state index in [1.165, 1.54) is 0 Å². The summed E-state index contributed by atoms with van der Waals surface area (Å²) < 4.78 is 5.11. The predicted molar refractivity (Wildman–Crippen MR) is 75.4 cm³/mol. The number of hydrogen-bond donors (Lipinski definition) is 0. The van der Waals surface area contributed by atoms with Crippen molar-refractivity contribution < 1.29 is 9.53 Å². The number of carbonyl (C=O) groups is 1. The second-order valence-electron chi connectivity index (χ2n) is 5.00. The second kappa shape index (κ2) is 6.68. The van der Waals surface area contributed by atoms with Gasteiger partial charge in [0, 0.05) is 38.9 Å². The van der Waals surface area contributed by atoms with E-state index in [0.29, 0.717) is 6.61 Å². The van der Waals surface area contributed by atoms with Crippen molar-refractivity contribution in [1.29, 1.82) is 0 Å². The van der Waals surface area contributed by atoms with Gasteiger partial charge in [-0.1, -0.05) is 18.2 Å². The van der Waals surface area contributed by atoms with Gasteiger partial charge in [-0.15, -0.1) is 0 Å². The van der Waals surface area contributed by atoms with Crippen LogP contribution in [-0.2, 0) is 11.2 Å². The highest BCUT2D eigenvalue weighted by Crippen LogP contribution is 2.14. The summed E-state index contributed by atoms with van der Waals surface area (Å²) in [6, 6.07) is 7.85. The molecule has 4 heteroatoms. The molecule has 0 saturated carbocycles. The minimum atomic E-state index is 0.153. The van der Waals surface area contributed by atoms with Crippen LogP contribution in [0.4, 0.5) is 0 Å². The average molecular weight is 262 g/mol. The topological polar surface area (TPSA) is 32.8 Å². The summed E-state index contributed by atoms with van der Waals surface area (Å²) in [5, 5.41) is 0. The molecule has 1 fully saturated rings. The van der Waals surface area contributed by atoms with Crippen LogP contribution in [0.15, 0.2) is 24.3 Å². The lowest BCUT2D eigenvalue weighted by Gasteiger charge is -2.32. The van der Waals surface area contributed by atoms with Crippen molar-refractivity contribution in [2.24, 2.45) is 0 Å². The van der Waals surface area contributed by atoms with Gasteiger partial charge in [0.05, 0.1) is 6.61 Å². The molecular weight excluding hydrogens is 240 g/mol. The molecule has 1 aromatic rings. The van der Waals surface area contributed by atoms with Crippen LogP contribution < -0.4 is 0 Å². The third-order valence-electron chi connectivity index (χ3n) is 3.61. The highest BCUT2D eigenvalue weighted by molar-refractivity contribution is 5.95. The SMILES string of the molecule is COCCc1ccccc1C(=O)N1CCN(C)CC1. The number of amides is 1. The Kier molecular flexibility index (Phi) is 4.93. The van der Waals surface area contributed by atoms with Crippen LogP contribution in [0.1, 0.15) is 15.9 Å². The molecule has 1 aliphatic heterocycles. The Labute approximate surface area is 115 Å². The lowest BCUT2D eigenvalue weighted by Crippen LogP contribution is -2.47. The normalized spacial score (nSPS) is 16.6. The number of rotatable bonds is 4. The zero-order chi connectivity index (χ0) is 13.7. The molecule has 0 aliphatic carbocycles. The van der Waals surface area contributed by atoms with E-state index in [-0.39, 0.29) is 5.91 Å². The summed E-state index contributed by atoms with van der Waals surface area (Å²) in [4.78, 5) is 16.8. The van der Waals surface area contributed by atoms with Gasteiger partial charge in [0.15, 0.2) is 0 Å². The van der Waals surface area contributed by atoms with Crippen molar-refractivity contribution in [3.05, 3.63) is 35.4 Å². The Bertz CT molecular complexity index is 426. The third-order valence-corrected chi connectivity index (χ3v) is 3.61. The predicted octanol–water partition coefficient (Wildman–Crippen LogP) is 1.26. The maximum Gasteiger partial charge on any atom is 0.254 e. The van der Waals surface area contributed by atoms with E-state index in [4.69, 9.17) is 4.74 Å². The highest BCUT2D eigenvalue weighted by atomic mass is 16.5. The van der Waals surface area contributed by atoms with Gasteiger partial charge in [0.25, 0.3) is 5.91 Å². The number of methoxy groups -OCH3 is 1. The molecule has 0 unspecified atom stereocenters. The Hall–Kier alpha value is -1.39. The highest BCUT2D eigenvalue weighted by Gasteiger charge is 2.21. The van der Waals surface area contributed by atoms with Crippen molar-refractivity contribution in [3.63, 3.8) is 0 Å². The first-order valence-electron chi connectivity index (χ1n) is 6.77. The first kappa shape index (κ1) is 14.0. The maximum atomic E-state index is 12.6. The number of ether oxygens (including phenoxy) is 1. The molecule has 1 heterocycles. The molecule has 0 atom stereocenters. The van der Waals surface area contributed by atoms with Gasteiger partial charge in [0.1, 0.15) is 0 Å². The van der Waals surface area contributed by atoms with Crippen LogP contribution in [0.5, 0.6) is 0 Å². The Morgan fingerprint density at radius 3 is 2.58 bits per heavy atom. The summed E-state index contributed by atoms with van der Waals surface area (Å²) >= 11 is 0. The molecule has 0 aromatic heterocycles. The van der Waals surface area contributed by atoms with Gasteiger partial charge >= 0.3 is 0 Å². The molecule has 4 nitrogen and oxygen atoms in total. The monoisotopic (exact) mass is 262 g/mol. The summed E-state index contributed by atoms with van der Waals surface area (Å²) in [5.74, 6) is 0.153. The van der Waals surface area contributed by atoms with Crippen molar-refractivity contribution >= 4 is 5.91 Å². The zero-order valence-corrected chi connectivity index (χ0v) is 11.8. The quantitative estimate of drug-likeness (QED) is 0.819. The lowest BCUT2D eigenvalue weighted by atomic mass is 10.0. The molecular formula is C15H22N2O2. The first-order chi connectivity index (χ1) is 9.22. The number of piperazine rings is 1. The molecule has 1 saturated heterocycles. The number of hydrogen-bond acceptors (Lipinski definition) is 3. The smallest absolute Gasteiger partial charge is 0.254 e. The molecule has 0 N–H and O–H groups in total. The van der Waals surface area contributed by atoms with Gasteiger partial charge in [-0.25, -0.2) is 0 Å². The van der Waals surface area contributed by atoms with Gasteiger partial charge in [-0.3, -0.25) is 4.79 Å². The van der Waals surface area contributed by atoms with Crippen molar-refractivity contribution in [2.75, 3.05) is 46.9 Å². The fourth-order valence-electron chi connectivity index (χ4n) is 2.34. The van der Waals surface area contributed by atoms with E-state index < -0.39 is 0 Å². The average Bonchev–Trinajstić information content (AvgIpc) is 2.45. The molecule has 0 bridgehead atoms. The zero-order valence-electron chi connectivity index (χ0n) is 11.8. The van der Waals surface area contributed by atoms with E-state index in [1.54, 1.807) is 7.11 Å². The Morgan fingerprint density at radius 2 is 1.89 bits per heavy atom. The standard InChI is InChI=1S/C15H22N2O2/c1-16-8-10-17(11-9-16)15(18)14-6-4-3-5-13(14)7-12-19-2/h3-6H,7-12H2,1-2H3. The molecule has 2 rings (SSSR count). The van der Waals surface area contributed by atoms with Gasteiger partial charge < -0.3 is 14.5 Å². The third kappa shape index (κ3) is 3.55. The van der Waals surface area contributed by atoms with E-state index in [1.807, 2.05) is 29.2 Å². The molecule has 0 spiro atoms. The van der Waals surface area contributed by atoms with Crippen LogP contribution in [0.3, 0.4) is 0 Å². The molecule has 19 heavy (non-hydrogen) atoms. The van der Waals surface area contributed by atoms with Crippen LogP contribution >= 0.6 is 0 Å². The van der Waals surface area contributed by atoms with Crippen molar-refractivity contribution in [2.45, 2.75) is 6.42 Å². The van der Waals surface area contributed by atoms with Crippen molar-refractivity contribution in [3.8, 4) is 0 Å². The number of likely N-dealkylation sites (N-methyl/N-ethyl adjacent to an activating group) is 1. The second-order valence-corrected chi connectivity index (χ2v) is 5.00. The van der Waals surface area contributed by atoms with E-state index in [9.17, 15) is 4.79 Å². The van der Waals surface area contributed by atoms with Gasteiger partial charge in [-0.05, 0) is 25.1 Å². The summed E-state index contributed by atoms with van der Waals surface area (Å²) in [7, 11) is 3.78. The first-order valence-corrected chi connectivity index (χ1v) is 6.77. The van der Waals surface area contributed by atoms with Crippen LogP contribution in [0, 0.1) is 0 Å². The van der Waals surface area contributed by atoms with E-state index in [0.717, 1.165) is 43.7 Å². The molecule has 1 amide bonds. The minimum absolute atomic E-state index is 0.153. The van der Waals surface area contributed by atoms with Crippen LogP contribution in [0.2, 0.25) is 0 Å². The van der Waals surface area contributed by atoms with E-state index >= 15 is 0 Å². The summed E-state index contributed by atoms with van der Waals surface area (Å²) in [5.41, 5.74) is 1.90. The van der Waals surface area contributed by atoms with Crippen LogP contribution in [-0.4, -0.2) is 62.7 Å². The number of nitrogens with zero attached hydrogens (tertiary/aromatic N) is 2. The molecule has 0 radical (unpaired) electrons. The fourth-order valence-corrected chi connectivity index (χ4v) is 2.34. The summed E-state index contributed by atoms with van der Waals surface area (Å²) in [6.07, 6.45) is 0.784.